The highest BCUT2D eigenvalue weighted by Crippen LogP contribution is 2.27. The highest BCUT2D eigenvalue weighted by atomic mass is 16.2. The van der Waals surface area contributed by atoms with Crippen LogP contribution in [-0.2, 0) is 11.3 Å². The number of likely N-dealkylation sites (tertiary alicyclic amines) is 1. The summed E-state index contributed by atoms with van der Waals surface area (Å²) in [5, 5.41) is 2.94. The Labute approximate surface area is 143 Å². The predicted octanol–water partition coefficient (Wildman–Crippen LogP) is 1.66. The van der Waals surface area contributed by atoms with E-state index in [0.717, 1.165) is 18.5 Å². The summed E-state index contributed by atoms with van der Waals surface area (Å²) in [6.45, 7) is 4.16. The third-order valence-corrected chi connectivity index (χ3v) is 5.13. The minimum Gasteiger partial charge on any atom is -0.372 e. The molecule has 0 aromatic heterocycles. The van der Waals surface area contributed by atoms with Crippen molar-refractivity contribution in [3.63, 3.8) is 0 Å². The maximum absolute atomic E-state index is 12.9. The highest BCUT2D eigenvalue weighted by Gasteiger charge is 2.34. The molecule has 1 saturated heterocycles. The number of carbonyl (C=O) groups excluding carboxylic acids is 2. The number of para-hydroxylation sites is 1. The van der Waals surface area contributed by atoms with Gasteiger partial charge in [-0.15, -0.1) is 0 Å². The predicted molar refractivity (Wildman–Crippen MR) is 93.9 cm³/mol. The number of urea groups is 1. The van der Waals surface area contributed by atoms with Gasteiger partial charge in [0.25, 0.3) is 0 Å². The van der Waals surface area contributed by atoms with Crippen molar-refractivity contribution in [1.82, 2.24) is 15.1 Å². The van der Waals surface area contributed by atoms with Gasteiger partial charge >= 0.3 is 6.03 Å². The van der Waals surface area contributed by atoms with Crippen LogP contribution in [0, 0.1) is 0 Å². The Morgan fingerprint density at radius 2 is 2.00 bits per heavy atom. The summed E-state index contributed by atoms with van der Waals surface area (Å²) in [6, 6.07) is 7.79. The minimum atomic E-state index is -0.392. The number of anilines is 1. The van der Waals surface area contributed by atoms with Crippen LogP contribution in [0.1, 0.15) is 25.3 Å². The molecule has 0 radical (unpaired) electrons. The fraction of sp³-hybridized carbons (Fsp3) is 0.556. The zero-order valence-corrected chi connectivity index (χ0v) is 14.7. The van der Waals surface area contributed by atoms with E-state index in [4.69, 9.17) is 0 Å². The number of nitrogens with zero attached hydrogens (tertiary/aromatic N) is 3. The summed E-state index contributed by atoms with van der Waals surface area (Å²) < 4.78 is 0. The molecule has 0 aliphatic carbocycles. The number of carbonyl (C=O) groups is 2. The average Bonchev–Trinajstić information content (AvgIpc) is 2.81. The van der Waals surface area contributed by atoms with Gasteiger partial charge in [0.15, 0.2) is 0 Å². The first-order valence-electron chi connectivity index (χ1n) is 8.62. The van der Waals surface area contributed by atoms with Gasteiger partial charge in [0, 0.05) is 39.4 Å². The molecule has 2 aliphatic rings. The third-order valence-electron chi connectivity index (χ3n) is 5.13. The number of amides is 3. The standard InChI is InChI=1S/C18H26N4O2/c1-4-14-12-21(3)16-8-6-5-7-13(16)11-22(14)18(24)19-15-9-10-20(2)17(15)23/h5-8,14-15H,4,9-12H2,1-3H3,(H,19,24). The van der Waals surface area contributed by atoms with Crippen molar-refractivity contribution in [1.29, 1.82) is 0 Å². The number of hydrogen-bond acceptors (Lipinski definition) is 3. The summed E-state index contributed by atoms with van der Waals surface area (Å²) in [4.78, 5) is 30.7. The van der Waals surface area contributed by atoms with Gasteiger partial charge in [0.2, 0.25) is 5.91 Å². The van der Waals surface area contributed by atoms with E-state index in [9.17, 15) is 9.59 Å². The fourth-order valence-electron chi connectivity index (χ4n) is 3.62. The lowest BCUT2D eigenvalue weighted by atomic mass is 10.1. The van der Waals surface area contributed by atoms with Gasteiger partial charge < -0.3 is 20.0 Å². The smallest absolute Gasteiger partial charge is 0.318 e. The molecular weight excluding hydrogens is 304 g/mol. The Bertz CT molecular complexity index is 633. The lowest BCUT2D eigenvalue weighted by Gasteiger charge is -2.31. The van der Waals surface area contributed by atoms with Crippen molar-refractivity contribution in [3.8, 4) is 0 Å². The van der Waals surface area contributed by atoms with Crippen molar-refractivity contribution in [3.05, 3.63) is 29.8 Å². The van der Waals surface area contributed by atoms with Gasteiger partial charge in [-0.25, -0.2) is 4.79 Å². The molecule has 3 rings (SSSR count). The zero-order valence-electron chi connectivity index (χ0n) is 14.7. The second kappa shape index (κ2) is 6.71. The summed E-state index contributed by atoms with van der Waals surface area (Å²) in [5.74, 6) is 0.00346. The van der Waals surface area contributed by atoms with Crippen LogP contribution < -0.4 is 10.2 Å². The molecule has 1 N–H and O–H groups in total. The maximum atomic E-state index is 12.9. The molecule has 24 heavy (non-hydrogen) atoms. The van der Waals surface area contributed by atoms with E-state index in [0.29, 0.717) is 19.5 Å². The van der Waals surface area contributed by atoms with E-state index >= 15 is 0 Å². The molecule has 0 spiro atoms. The van der Waals surface area contributed by atoms with Crippen LogP contribution in [0.2, 0.25) is 0 Å². The van der Waals surface area contributed by atoms with E-state index in [1.807, 2.05) is 17.0 Å². The van der Waals surface area contributed by atoms with Gasteiger partial charge in [-0.05, 0) is 24.5 Å². The minimum absolute atomic E-state index is 0.00346. The Morgan fingerprint density at radius 1 is 1.25 bits per heavy atom. The van der Waals surface area contributed by atoms with Crippen LogP contribution in [0.4, 0.5) is 10.5 Å². The molecule has 2 atom stereocenters. The summed E-state index contributed by atoms with van der Waals surface area (Å²) in [7, 11) is 3.85. The van der Waals surface area contributed by atoms with Crippen LogP contribution in [0.15, 0.2) is 24.3 Å². The van der Waals surface area contributed by atoms with Gasteiger partial charge in [0.1, 0.15) is 6.04 Å². The molecule has 130 valence electrons. The molecule has 1 aromatic rings. The van der Waals surface area contributed by atoms with Crippen molar-refractivity contribution >= 4 is 17.6 Å². The normalized spacial score (nSPS) is 24.0. The molecule has 1 fully saturated rings. The second-order valence-corrected chi connectivity index (χ2v) is 6.75. The first-order valence-corrected chi connectivity index (χ1v) is 8.62. The lowest BCUT2D eigenvalue weighted by Crippen LogP contribution is -2.52. The topological polar surface area (TPSA) is 55.9 Å². The van der Waals surface area contributed by atoms with Gasteiger partial charge in [-0.1, -0.05) is 25.1 Å². The van der Waals surface area contributed by atoms with E-state index < -0.39 is 6.04 Å². The first-order chi connectivity index (χ1) is 11.5. The number of rotatable bonds is 2. The molecule has 2 aliphatic heterocycles. The Hall–Kier alpha value is -2.24. The number of hydrogen-bond donors (Lipinski definition) is 1. The molecule has 0 bridgehead atoms. The van der Waals surface area contributed by atoms with E-state index in [1.54, 1.807) is 11.9 Å². The molecule has 1 aromatic carbocycles. The Morgan fingerprint density at radius 3 is 2.67 bits per heavy atom. The van der Waals surface area contributed by atoms with E-state index in [1.165, 1.54) is 5.69 Å². The fourth-order valence-corrected chi connectivity index (χ4v) is 3.62. The molecule has 6 heteroatoms. The van der Waals surface area contributed by atoms with E-state index in [-0.39, 0.29) is 18.0 Å². The van der Waals surface area contributed by atoms with Crippen molar-refractivity contribution in [2.45, 2.75) is 38.4 Å². The molecular formula is C18H26N4O2. The van der Waals surface area contributed by atoms with Crippen LogP contribution in [0.25, 0.3) is 0 Å². The average molecular weight is 330 g/mol. The van der Waals surface area contributed by atoms with Crippen LogP contribution in [0.3, 0.4) is 0 Å². The Kier molecular flexibility index (Phi) is 4.64. The number of fused-ring (bicyclic) bond motifs is 1. The van der Waals surface area contributed by atoms with Crippen molar-refractivity contribution in [2.75, 3.05) is 32.1 Å². The maximum Gasteiger partial charge on any atom is 0.318 e. The monoisotopic (exact) mass is 330 g/mol. The molecule has 0 saturated carbocycles. The Balaban J connectivity index is 1.80. The van der Waals surface area contributed by atoms with E-state index in [2.05, 4.69) is 36.3 Å². The first kappa shape index (κ1) is 16.6. The quantitative estimate of drug-likeness (QED) is 0.897. The molecule has 3 amide bonds. The van der Waals surface area contributed by atoms with Crippen molar-refractivity contribution < 1.29 is 9.59 Å². The van der Waals surface area contributed by atoms with Gasteiger partial charge in [0.05, 0.1) is 6.04 Å². The highest BCUT2D eigenvalue weighted by molar-refractivity contribution is 5.88. The number of nitrogens with one attached hydrogen (secondary N) is 1. The van der Waals surface area contributed by atoms with Crippen LogP contribution >= 0.6 is 0 Å². The van der Waals surface area contributed by atoms with Gasteiger partial charge in [-0.3, -0.25) is 4.79 Å². The summed E-state index contributed by atoms with van der Waals surface area (Å²) >= 11 is 0. The number of likely N-dealkylation sites (N-methyl/N-ethyl adjacent to an activating group) is 2. The summed E-state index contributed by atoms with van der Waals surface area (Å²) in [6.07, 6.45) is 1.56. The van der Waals surface area contributed by atoms with Crippen LogP contribution in [0.5, 0.6) is 0 Å². The molecule has 2 heterocycles. The SMILES string of the molecule is CCC1CN(C)c2ccccc2CN1C(=O)NC1CCN(C)C1=O. The third kappa shape index (κ3) is 3.05. The molecule has 6 nitrogen and oxygen atoms in total. The van der Waals surface area contributed by atoms with Crippen molar-refractivity contribution in [2.24, 2.45) is 0 Å². The summed E-state index contributed by atoms with van der Waals surface area (Å²) in [5.41, 5.74) is 2.31. The molecule has 2 unspecified atom stereocenters. The number of benzene rings is 1. The zero-order chi connectivity index (χ0) is 17.3. The largest absolute Gasteiger partial charge is 0.372 e. The van der Waals surface area contributed by atoms with Crippen LogP contribution in [-0.4, -0.2) is 61.0 Å². The van der Waals surface area contributed by atoms with Gasteiger partial charge in [-0.2, -0.15) is 0 Å². The lowest BCUT2D eigenvalue weighted by molar-refractivity contribution is -0.128. The second-order valence-electron chi connectivity index (χ2n) is 6.75.